The van der Waals surface area contributed by atoms with Crippen molar-refractivity contribution in [2.45, 2.75) is 18.6 Å². The number of carbonyl (C=O) groups is 1. The molecule has 0 radical (unpaired) electrons. The van der Waals surface area contributed by atoms with Crippen molar-refractivity contribution in [3.8, 4) is 5.75 Å². The lowest BCUT2D eigenvalue weighted by Gasteiger charge is -2.25. The van der Waals surface area contributed by atoms with Gasteiger partial charge in [0, 0.05) is 13.0 Å². The molecule has 1 aliphatic heterocycles. The van der Waals surface area contributed by atoms with E-state index in [1.54, 1.807) is 6.07 Å². The lowest BCUT2D eigenvalue weighted by molar-refractivity contribution is -0.127. The number of rotatable bonds is 5. The number of fused-ring (bicyclic) bond motifs is 1. The molecule has 4 nitrogen and oxygen atoms in total. The maximum atomic E-state index is 13.5. The maximum Gasteiger partial charge on any atom is 0.261 e. The van der Waals surface area contributed by atoms with Gasteiger partial charge in [-0.2, -0.15) is 0 Å². The van der Waals surface area contributed by atoms with Crippen LogP contribution in [-0.2, 0) is 11.2 Å². The molecule has 24 heavy (non-hydrogen) atoms. The van der Waals surface area contributed by atoms with E-state index in [0.717, 1.165) is 16.9 Å². The number of amides is 1. The molecule has 2 aromatic rings. The molecule has 0 spiro atoms. The first-order chi connectivity index (χ1) is 11.5. The van der Waals surface area contributed by atoms with Crippen molar-refractivity contribution in [1.29, 1.82) is 0 Å². The van der Waals surface area contributed by atoms with Gasteiger partial charge in [0.25, 0.3) is 5.91 Å². The number of halogens is 1. The normalized spacial score (nSPS) is 17.2. The van der Waals surface area contributed by atoms with Gasteiger partial charge in [0.15, 0.2) is 6.10 Å². The van der Waals surface area contributed by atoms with E-state index in [1.165, 1.54) is 12.1 Å². The molecular formula is C19H21FN2O2. The molecule has 0 saturated heterocycles. The average Bonchev–Trinajstić information content (AvgIpc) is 2.99. The van der Waals surface area contributed by atoms with Crippen molar-refractivity contribution in [1.82, 2.24) is 10.2 Å². The second-order valence-corrected chi connectivity index (χ2v) is 6.20. The van der Waals surface area contributed by atoms with Crippen LogP contribution in [0.5, 0.6) is 5.75 Å². The highest BCUT2D eigenvalue weighted by Gasteiger charge is 2.29. The Morgan fingerprint density at radius 2 is 2.08 bits per heavy atom. The van der Waals surface area contributed by atoms with E-state index in [-0.39, 0.29) is 17.8 Å². The van der Waals surface area contributed by atoms with E-state index in [9.17, 15) is 9.18 Å². The molecule has 2 atom stereocenters. The molecule has 5 heteroatoms. The fourth-order valence-electron chi connectivity index (χ4n) is 2.95. The first-order valence-electron chi connectivity index (χ1n) is 7.99. The van der Waals surface area contributed by atoms with Gasteiger partial charge in [-0.1, -0.05) is 30.3 Å². The molecule has 3 rings (SSSR count). The zero-order chi connectivity index (χ0) is 17.1. The van der Waals surface area contributed by atoms with Gasteiger partial charge in [0.05, 0.1) is 6.04 Å². The van der Waals surface area contributed by atoms with Crippen molar-refractivity contribution in [3.05, 3.63) is 65.5 Å². The molecule has 2 aromatic carbocycles. The number of benzene rings is 2. The zero-order valence-corrected chi connectivity index (χ0v) is 13.8. The van der Waals surface area contributed by atoms with Crippen LogP contribution in [0.4, 0.5) is 4.39 Å². The standard InChI is InChI=1S/C19H21FN2O2/c1-22(2)16(13-7-5-8-15(20)10-13)12-21-19(23)18-11-14-6-3-4-9-17(14)24-18/h3-10,16,18H,11-12H2,1-2H3,(H,21,23)/t16-,18+/m1/s1. The van der Waals surface area contributed by atoms with Crippen LogP contribution in [0.2, 0.25) is 0 Å². The molecule has 0 aromatic heterocycles. The van der Waals surface area contributed by atoms with Gasteiger partial charge in [0.1, 0.15) is 11.6 Å². The zero-order valence-electron chi connectivity index (χ0n) is 13.8. The van der Waals surface area contributed by atoms with Crippen molar-refractivity contribution < 1.29 is 13.9 Å². The number of nitrogens with one attached hydrogen (secondary N) is 1. The third kappa shape index (κ3) is 3.57. The SMILES string of the molecule is CN(C)[C@H](CNC(=O)[C@@H]1Cc2ccccc2O1)c1cccc(F)c1. The highest BCUT2D eigenvalue weighted by Crippen LogP contribution is 2.28. The number of carbonyl (C=O) groups excluding carboxylic acids is 1. The molecule has 0 saturated carbocycles. The molecule has 1 aliphatic rings. The van der Waals surface area contributed by atoms with Gasteiger partial charge >= 0.3 is 0 Å². The van der Waals surface area contributed by atoms with Gasteiger partial charge in [-0.15, -0.1) is 0 Å². The summed E-state index contributed by atoms with van der Waals surface area (Å²) in [5.74, 6) is 0.349. The number of hydrogen-bond acceptors (Lipinski definition) is 3. The fraction of sp³-hybridized carbons (Fsp3) is 0.316. The lowest BCUT2D eigenvalue weighted by Crippen LogP contribution is -2.41. The average molecular weight is 328 g/mol. The van der Waals surface area contributed by atoms with Gasteiger partial charge in [0.2, 0.25) is 0 Å². The topological polar surface area (TPSA) is 41.6 Å². The summed E-state index contributed by atoms with van der Waals surface area (Å²) >= 11 is 0. The minimum absolute atomic E-state index is 0.103. The van der Waals surface area contributed by atoms with Crippen LogP contribution in [0.1, 0.15) is 17.2 Å². The van der Waals surface area contributed by atoms with Crippen LogP contribution in [0, 0.1) is 5.82 Å². The predicted molar refractivity (Wildman–Crippen MR) is 90.4 cm³/mol. The Kier molecular flexibility index (Phi) is 4.81. The minimum Gasteiger partial charge on any atom is -0.480 e. The van der Waals surface area contributed by atoms with Gasteiger partial charge in [-0.05, 0) is 43.4 Å². The Morgan fingerprint density at radius 3 is 2.79 bits per heavy atom. The quantitative estimate of drug-likeness (QED) is 0.917. The van der Waals surface area contributed by atoms with Gasteiger partial charge in [-0.3, -0.25) is 4.79 Å². The van der Waals surface area contributed by atoms with Crippen molar-refractivity contribution in [3.63, 3.8) is 0 Å². The van der Waals surface area contributed by atoms with Crippen molar-refractivity contribution in [2.75, 3.05) is 20.6 Å². The Balaban J connectivity index is 1.62. The summed E-state index contributed by atoms with van der Waals surface area (Å²) in [6, 6.07) is 14.0. The summed E-state index contributed by atoms with van der Waals surface area (Å²) < 4.78 is 19.2. The van der Waals surface area contributed by atoms with Crippen LogP contribution in [0.3, 0.4) is 0 Å². The number of para-hydroxylation sites is 1. The van der Waals surface area contributed by atoms with Crippen molar-refractivity contribution >= 4 is 5.91 Å². The van der Waals surface area contributed by atoms with E-state index < -0.39 is 6.10 Å². The summed E-state index contributed by atoms with van der Waals surface area (Å²) in [4.78, 5) is 14.4. The second kappa shape index (κ2) is 7.01. The molecule has 1 N–H and O–H groups in total. The Hall–Kier alpha value is -2.40. The number of nitrogens with zero attached hydrogens (tertiary/aromatic N) is 1. The number of likely N-dealkylation sites (N-methyl/N-ethyl adjacent to an activating group) is 1. The minimum atomic E-state index is -0.502. The van der Waals surface area contributed by atoms with Crippen LogP contribution in [0.25, 0.3) is 0 Å². The monoisotopic (exact) mass is 328 g/mol. The van der Waals surface area contributed by atoms with E-state index in [1.807, 2.05) is 49.3 Å². The summed E-state index contributed by atoms with van der Waals surface area (Å²) in [7, 11) is 3.81. The highest BCUT2D eigenvalue weighted by molar-refractivity contribution is 5.82. The lowest BCUT2D eigenvalue weighted by atomic mass is 10.1. The Labute approximate surface area is 141 Å². The first-order valence-corrected chi connectivity index (χ1v) is 7.99. The van der Waals surface area contributed by atoms with E-state index in [2.05, 4.69) is 5.32 Å². The van der Waals surface area contributed by atoms with E-state index in [4.69, 9.17) is 4.74 Å². The predicted octanol–water partition coefficient (Wildman–Crippen LogP) is 2.55. The van der Waals surface area contributed by atoms with Crippen LogP contribution >= 0.6 is 0 Å². The van der Waals surface area contributed by atoms with Crippen LogP contribution in [-0.4, -0.2) is 37.6 Å². The molecule has 0 bridgehead atoms. The third-order valence-corrected chi connectivity index (χ3v) is 4.27. The molecule has 126 valence electrons. The fourth-order valence-corrected chi connectivity index (χ4v) is 2.95. The molecular weight excluding hydrogens is 307 g/mol. The van der Waals surface area contributed by atoms with Gasteiger partial charge < -0.3 is 15.0 Å². The summed E-state index contributed by atoms with van der Waals surface area (Å²) in [5, 5.41) is 2.93. The van der Waals surface area contributed by atoms with Crippen LogP contribution < -0.4 is 10.1 Å². The molecule has 1 amide bonds. The van der Waals surface area contributed by atoms with E-state index >= 15 is 0 Å². The molecule has 0 fully saturated rings. The molecule has 0 unspecified atom stereocenters. The Bertz CT molecular complexity index is 708. The Morgan fingerprint density at radius 1 is 1.29 bits per heavy atom. The number of hydrogen-bond donors (Lipinski definition) is 1. The summed E-state index contributed by atoms with van der Waals surface area (Å²) in [6.45, 7) is 0.394. The summed E-state index contributed by atoms with van der Waals surface area (Å²) in [5.41, 5.74) is 1.88. The smallest absolute Gasteiger partial charge is 0.261 e. The second-order valence-electron chi connectivity index (χ2n) is 6.20. The highest BCUT2D eigenvalue weighted by atomic mass is 19.1. The van der Waals surface area contributed by atoms with Crippen LogP contribution in [0.15, 0.2) is 48.5 Å². The third-order valence-electron chi connectivity index (χ3n) is 4.27. The van der Waals surface area contributed by atoms with E-state index in [0.29, 0.717) is 13.0 Å². The molecule has 1 heterocycles. The summed E-state index contributed by atoms with van der Waals surface area (Å²) in [6.07, 6.45) is 0.0759. The number of ether oxygens (including phenoxy) is 1. The first kappa shape index (κ1) is 16.5. The maximum absolute atomic E-state index is 13.5. The van der Waals surface area contributed by atoms with Gasteiger partial charge in [-0.25, -0.2) is 4.39 Å². The van der Waals surface area contributed by atoms with Crippen molar-refractivity contribution in [2.24, 2.45) is 0 Å². The largest absolute Gasteiger partial charge is 0.480 e. The molecule has 0 aliphatic carbocycles.